The van der Waals surface area contributed by atoms with E-state index in [0.29, 0.717) is 29.5 Å². The van der Waals surface area contributed by atoms with Gasteiger partial charge in [-0.1, -0.05) is 53.7 Å². The molecule has 0 fully saturated rings. The first-order valence-electron chi connectivity index (χ1n) is 12.4. The maximum Gasteiger partial charge on any atom is 0.338 e. The minimum Gasteiger partial charge on any atom is -0.465 e. The van der Waals surface area contributed by atoms with Gasteiger partial charge in [-0.25, -0.2) is 31.9 Å². The molecule has 0 aliphatic rings. The first-order valence-corrected chi connectivity index (χ1v) is 15.5. The molecule has 0 saturated heterocycles. The van der Waals surface area contributed by atoms with Crippen LogP contribution in [-0.4, -0.2) is 41.8 Å². The molecule has 222 valence electrons. The summed E-state index contributed by atoms with van der Waals surface area (Å²) in [5.74, 6) is -1.70. The Hall–Kier alpha value is -3.33. The largest absolute Gasteiger partial charge is 0.465 e. The number of sulfonamides is 2. The number of esters is 1. The van der Waals surface area contributed by atoms with Crippen LogP contribution in [-0.2, 0) is 37.6 Å². The molecule has 0 unspecified atom stereocenters. The molecule has 0 aliphatic carbocycles. The Morgan fingerprint density at radius 1 is 0.775 bits per heavy atom. The van der Waals surface area contributed by atoms with Crippen LogP contribution in [0.2, 0.25) is 0 Å². The number of rotatable bonds is 8. The summed E-state index contributed by atoms with van der Waals surface area (Å²) in [4.78, 5) is 27.1. The second-order valence-electron chi connectivity index (χ2n) is 9.53. The van der Waals surface area contributed by atoms with Gasteiger partial charge in [0.2, 0.25) is 20.0 Å². The lowest BCUT2D eigenvalue weighted by Crippen LogP contribution is -2.24. The van der Waals surface area contributed by atoms with Crippen LogP contribution in [0.15, 0.2) is 39.0 Å². The van der Waals surface area contributed by atoms with E-state index in [1.807, 2.05) is 41.5 Å². The second-order valence-corrected chi connectivity index (χ2v) is 12.6. The highest BCUT2D eigenvalue weighted by atomic mass is 32.2. The van der Waals surface area contributed by atoms with Crippen molar-refractivity contribution in [2.45, 2.75) is 76.0 Å². The van der Waals surface area contributed by atoms with Crippen molar-refractivity contribution in [3.8, 4) is 0 Å². The molecule has 40 heavy (non-hydrogen) atoms. The molecule has 8 N–H and O–H groups in total. The summed E-state index contributed by atoms with van der Waals surface area (Å²) in [7, 11) is -6.57. The average molecular weight is 598 g/mol. The maximum absolute atomic E-state index is 12.0. The Morgan fingerprint density at radius 3 is 1.45 bits per heavy atom. The summed E-state index contributed by atoms with van der Waals surface area (Å²) < 4.78 is 51.4. The summed E-state index contributed by atoms with van der Waals surface area (Å²) >= 11 is 0. The molecule has 0 atom stereocenters. The number of methoxy groups -OCH3 is 1. The van der Waals surface area contributed by atoms with Crippen LogP contribution in [0.4, 0.5) is 0 Å². The van der Waals surface area contributed by atoms with Crippen molar-refractivity contribution in [3.05, 3.63) is 57.6 Å². The molecule has 0 spiro atoms. The van der Waals surface area contributed by atoms with E-state index in [1.165, 1.54) is 19.2 Å². The smallest absolute Gasteiger partial charge is 0.338 e. The molecule has 0 radical (unpaired) electrons. The monoisotopic (exact) mass is 597 g/mol. The first-order chi connectivity index (χ1) is 18.3. The van der Waals surface area contributed by atoms with Crippen molar-refractivity contribution in [2.75, 3.05) is 7.11 Å². The van der Waals surface area contributed by atoms with Crippen molar-refractivity contribution in [1.29, 1.82) is 0 Å². The van der Waals surface area contributed by atoms with Gasteiger partial charge in [0.1, 0.15) is 0 Å². The molecular formula is C26H39N5O7S2. The Morgan fingerprint density at radius 2 is 1.15 bits per heavy atom. The fraction of sp³-hybridized carbons (Fsp3) is 0.423. The second kappa shape index (κ2) is 13.8. The van der Waals surface area contributed by atoms with Crippen molar-refractivity contribution in [3.63, 3.8) is 0 Å². The van der Waals surface area contributed by atoms with Crippen molar-refractivity contribution in [1.82, 2.24) is 0 Å². The fourth-order valence-electron chi connectivity index (χ4n) is 3.94. The molecule has 0 saturated carbocycles. The molecule has 12 nitrogen and oxygen atoms in total. The molecule has 2 aromatic rings. The van der Waals surface area contributed by atoms with Crippen LogP contribution in [0.3, 0.4) is 0 Å². The number of benzene rings is 2. The van der Waals surface area contributed by atoms with Gasteiger partial charge < -0.3 is 16.2 Å². The Bertz CT molecular complexity index is 1510. The van der Waals surface area contributed by atoms with Gasteiger partial charge in [-0.2, -0.15) is 4.99 Å². The lowest BCUT2D eigenvalue weighted by molar-refractivity contribution is 0.0599. The van der Waals surface area contributed by atoms with Gasteiger partial charge in [-0.15, -0.1) is 0 Å². The van der Waals surface area contributed by atoms with Crippen molar-refractivity contribution < 1.29 is 31.2 Å². The Kier molecular flexibility index (Phi) is 12.0. The van der Waals surface area contributed by atoms with E-state index in [-0.39, 0.29) is 38.7 Å². The van der Waals surface area contributed by atoms with E-state index in [9.17, 15) is 26.4 Å². The third-order valence-electron chi connectivity index (χ3n) is 5.96. The minimum atomic E-state index is -3.95. The SMILES string of the molecule is CCc1cc(C(C)C)c(S(N)(=O)=O)cc1C(=O)N=C(N)N.CCc1cc(C(C)C)c(S(N)(=O)=O)cc1C(=O)OC. The van der Waals surface area contributed by atoms with E-state index in [2.05, 4.69) is 9.73 Å². The predicted molar refractivity (Wildman–Crippen MR) is 154 cm³/mol. The van der Waals surface area contributed by atoms with Gasteiger partial charge >= 0.3 is 5.97 Å². The van der Waals surface area contributed by atoms with E-state index in [4.69, 9.17) is 21.7 Å². The Labute approximate surface area is 236 Å². The summed E-state index contributed by atoms with van der Waals surface area (Å²) in [6.45, 7) is 11.2. The molecule has 2 aromatic carbocycles. The highest BCUT2D eigenvalue weighted by Crippen LogP contribution is 2.29. The highest BCUT2D eigenvalue weighted by molar-refractivity contribution is 7.89. The first kappa shape index (κ1) is 34.7. The third kappa shape index (κ3) is 8.84. The van der Waals surface area contributed by atoms with Gasteiger partial charge in [-0.05, 0) is 59.1 Å². The molecule has 0 bridgehead atoms. The van der Waals surface area contributed by atoms with Crippen LogP contribution in [0.1, 0.15) is 96.3 Å². The van der Waals surface area contributed by atoms with E-state index in [0.717, 1.165) is 5.56 Å². The van der Waals surface area contributed by atoms with Gasteiger partial charge in [0, 0.05) is 5.56 Å². The lowest BCUT2D eigenvalue weighted by Gasteiger charge is -2.15. The molecule has 1 amide bonds. The molecule has 0 aliphatic heterocycles. The number of nitrogens with two attached hydrogens (primary N) is 4. The number of amides is 1. The zero-order valence-electron chi connectivity index (χ0n) is 23.8. The number of nitrogens with zero attached hydrogens (tertiary/aromatic N) is 1. The zero-order valence-corrected chi connectivity index (χ0v) is 25.4. The summed E-state index contributed by atoms with van der Waals surface area (Å²) in [6, 6.07) is 5.95. The third-order valence-corrected chi connectivity index (χ3v) is 7.89. The number of primary sulfonamides is 2. The molecular weight excluding hydrogens is 558 g/mol. The fourth-order valence-corrected chi connectivity index (χ4v) is 5.75. The summed E-state index contributed by atoms with van der Waals surface area (Å²) in [5.41, 5.74) is 13.4. The minimum absolute atomic E-state index is 0.00896. The number of carbonyl (C=O) groups excluding carboxylic acids is 2. The van der Waals surface area contributed by atoms with E-state index >= 15 is 0 Å². The standard InChI is InChI=1S/C13H20N4O3S.C13H19NO4S/c1-4-8-5-9(7(2)3)11(21(16,19)20)6-10(8)12(18)17-13(14)15;1-5-9-6-10(8(2)3)12(19(14,16)17)7-11(9)13(15)18-4/h5-7H,4H2,1-3H3,(H2,16,19,20)(H4,14,15,17,18);6-8H,5H2,1-4H3,(H2,14,16,17). The number of ether oxygens (including phenoxy) is 1. The molecule has 2 rings (SSSR count). The molecule has 0 aromatic heterocycles. The predicted octanol–water partition coefficient (Wildman–Crippen LogP) is 2.24. The maximum atomic E-state index is 12.0. The van der Waals surface area contributed by atoms with Crippen LogP contribution in [0.25, 0.3) is 0 Å². The van der Waals surface area contributed by atoms with E-state index in [1.54, 1.807) is 12.1 Å². The zero-order chi connectivity index (χ0) is 31.2. The average Bonchev–Trinajstić information content (AvgIpc) is 2.85. The number of aliphatic imine (C=N–C) groups is 1. The number of hydrogen-bond donors (Lipinski definition) is 4. The summed E-state index contributed by atoms with van der Waals surface area (Å²) in [6.07, 6.45) is 1.14. The van der Waals surface area contributed by atoms with Gasteiger partial charge in [0.05, 0.1) is 22.5 Å². The molecule has 0 heterocycles. The lowest BCUT2D eigenvalue weighted by atomic mass is 9.95. The van der Waals surface area contributed by atoms with Crippen LogP contribution in [0.5, 0.6) is 0 Å². The van der Waals surface area contributed by atoms with E-state index < -0.39 is 31.9 Å². The normalized spacial score (nSPS) is 11.6. The van der Waals surface area contributed by atoms with Crippen LogP contribution >= 0.6 is 0 Å². The topological polar surface area (TPSA) is 228 Å². The highest BCUT2D eigenvalue weighted by Gasteiger charge is 2.23. The van der Waals surface area contributed by atoms with Gasteiger partial charge in [-0.3, -0.25) is 4.79 Å². The number of hydrogen-bond acceptors (Lipinski definition) is 7. The summed E-state index contributed by atoms with van der Waals surface area (Å²) in [5, 5.41) is 10.5. The van der Waals surface area contributed by atoms with Crippen molar-refractivity contribution >= 4 is 37.9 Å². The van der Waals surface area contributed by atoms with Crippen LogP contribution in [0, 0.1) is 0 Å². The Balaban J connectivity index is 0.000000402. The number of guanidine groups is 1. The van der Waals surface area contributed by atoms with Crippen molar-refractivity contribution in [2.24, 2.45) is 26.7 Å². The number of carbonyl (C=O) groups is 2. The number of aryl methyl sites for hydroxylation is 2. The quantitative estimate of drug-likeness (QED) is 0.198. The van der Waals surface area contributed by atoms with Crippen LogP contribution < -0.4 is 21.7 Å². The van der Waals surface area contributed by atoms with Gasteiger partial charge in [0.15, 0.2) is 5.96 Å². The molecule has 14 heteroatoms. The van der Waals surface area contributed by atoms with Gasteiger partial charge in [0.25, 0.3) is 5.91 Å².